The number of ether oxygens (including phenoxy) is 3. The van der Waals surface area contributed by atoms with Gasteiger partial charge >= 0.3 is 5.97 Å². The van der Waals surface area contributed by atoms with Crippen LogP contribution in [0.15, 0.2) is 18.2 Å². The topological polar surface area (TPSA) is 201 Å². The SMILES string of the molecule is CC(C)Nc1ccc(COC(=O)C(C)C)cc1O[C@@H]1O[C@H](C(=O)NCCS(=O)(=O)O)[C@@H](O)[C@H](O)[C@H]1O. The summed E-state index contributed by atoms with van der Waals surface area (Å²) < 4.78 is 47.0. The molecule has 14 heteroatoms. The molecule has 1 amide bonds. The van der Waals surface area contributed by atoms with Gasteiger partial charge in [-0.3, -0.25) is 14.1 Å². The smallest absolute Gasteiger partial charge is 0.308 e. The van der Waals surface area contributed by atoms with Crippen LogP contribution in [0.25, 0.3) is 0 Å². The van der Waals surface area contributed by atoms with Gasteiger partial charge in [0.2, 0.25) is 6.29 Å². The molecule has 36 heavy (non-hydrogen) atoms. The Labute approximate surface area is 209 Å². The highest BCUT2D eigenvalue weighted by Crippen LogP contribution is 2.31. The quantitative estimate of drug-likeness (QED) is 0.156. The summed E-state index contributed by atoms with van der Waals surface area (Å²) in [6.07, 6.45) is -8.76. The van der Waals surface area contributed by atoms with E-state index in [0.29, 0.717) is 11.3 Å². The van der Waals surface area contributed by atoms with Gasteiger partial charge in [0.15, 0.2) is 6.10 Å². The first kappa shape index (κ1) is 29.7. The first-order chi connectivity index (χ1) is 16.7. The fourth-order valence-electron chi connectivity index (χ4n) is 3.20. The molecule has 0 spiro atoms. The Morgan fingerprint density at radius 2 is 1.75 bits per heavy atom. The van der Waals surface area contributed by atoms with Crippen LogP contribution in [0.2, 0.25) is 0 Å². The molecular weight excluding hydrogens is 500 g/mol. The second kappa shape index (κ2) is 12.7. The van der Waals surface area contributed by atoms with Gasteiger partial charge in [-0.05, 0) is 31.5 Å². The number of carbonyl (C=O) groups excluding carboxylic acids is 2. The third-order valence-electron chi connectivity index (χ3n) is 5.07. The van der Waals surface area contributed by atoms with Crippen LogP contribution >= 0.6 is 0 Å². The number of benzene rings is 1. The Kier molecular flexibility index (Phi) is 10.5. The van der Waals surface area contributed by atoms with E-state index < -0.39 is 65.0 Å². The van der Waals surface area contributed by atoms with Crippen molar-refractivity contribution in [1.82, 2.24) is 5.32 Å². The molecule has 1 aliphatic rings. The highest BCUT2D eigenvalue weighted by atomic mass is 32.2. The Hall–Kier alpha value is -2.49. The van der Waals surface area contributed by atoms with Gasteiger partial charge in [0, 0.05) is 12.6 Å². The van der Waals surface area contributed by atoms with Crippen molar-refractivity contribution in [3.8, 4) is 5.75 Å². The highest BCUT2D eigenvalue weighted by molar-refractivity contribution is 7.85. The number of hydrogen-bond acceptors (Lipinski definition) is 11. The number of hydrogen-bond donors (Lipinski definition) is 6. The molecule has 0 radical (unpaired) electrons. The van der Waals surface area contributed by atoms with Crippen LogP contribution in [0, 0.1) is 5.92 Å². The molecule has 1 aliphatic heterocycles. The molecule has 13 nitrogen and oxygen atoms in total. The van der Waals surface area contributed by atoms with Crippen molar-refractivity contribution in [3.63, 3.8) is 0 Å². The Morgan fingerprint density at radius 3 is 2.33 bits per heavy atom. The van der Waals surface area contributed by atoms with E-state index >= 15 is 0 Å². The molecule has 204 valence electrons. The van der Waals surface area contributed by atoms with Crippen molar-refractivity contribution >= 4 is 27.7 Å². The lowest BCUT2D eigenvalue weighted by Gasteiger charge is -2.39. The summed E-state index contributed by atoms with van der Waals surface area (Å²) >= 11 is 0. The lowest BCUT2D eigenvalue weighted by molar-refractivity contribution is -0.266. The summed E-state index contributed by atoms with van der Waals surface area (Å²) in [6, 6.07) is 4.87. The summed E-state index contributed by atoms with van der Waals surface area (Å²) in [7, 11) is -4.34. The van der Waals surface area contributed by atoms with Crippen molar-refractivity contribution in [2.24, 2.45) is 5.92 Å². The third-order valence-corrected chi connectivity index (χ3v) is 5.79. The maximum atomic E-state index is 12.4. The minimum absolute atomic E-state index is 0.0251. The Bertz CT molecular complexity index is 1020. The zero-order valence-corrected chi connectivity index (χ0v) is 21.3. The van der Waals surface area contributed by atoms with Gasteiger partial charge in [-0.2, -0.15) is 8.42 Å². The van der Waals surface area contributed by atoms with E-state index in [-0.39, 0.29) is 24.3 Å². The first-order valence-electron chi connectivity index (χ1n) is 11.3. The standard InChI is InChI=1S/C22H34N2O11S/c1-11(2)21(29)33-10-13-5-6-14(24-12(3)4)15(9-13)34-22-18(27)16(25)17(26)19(35-22)20(28)23-7-8-36(30,31)32/h5-6,9,11-12,16-19,22,24-27H,7-8,10H2,1-4H3,(H,23,28)(H,30,31,32)/t16-,17-,18+,19-,22+/m0/s1. The molecule has 5 atom stereocenters. The summed E-state index contributed by atoms with van der Waals surface area (Å²) in [5.74, 6) is -2.32. The maximum absolute atomic E-state index is 12.4. The van der Waals surface area contributed by atoms with Crippen molar-refractivity contribution in [1.29, 1.82) is 0 Å². The molecule has 0 bridgehead atoms. The fourth-order valence-corrected chi connectivity index (χ4v) is 3.56. The van der Waals surface area contributed by atoms with Crippen molar-refractivity contribution in [3.05, 3.63) is 23.8 Å². The summed E-state index contributed by atoms with van der Waals surface area (Å²) in [5, 5.41) is 36.3. The number of anilines is 1. The van der Waals surface area contributed by atoms with Crippen LogP contribution in [0.1, 0.15) is 33.3 Å². The van der Waals surface area contributed by atoms with Gasteiger partial charge in [0.05, 0.1) is 17.4 Å². The Morgan fingerprint density at radius 1 is 1.08 bits per heavy atom. The van der Waals surface area contributed by atoms with Gasteiger partial charge in [0.25, 0.3) is 16.0 Å². The lowest BCUT2D eigenvalue weighted by atomic mass is 9.98. The maximum Gasteiger partial charge on any atom is 0.308 e. The van der Waals surface area contributed by atoms with Gasteiger partial charge in [-0.15, -0.1) is 0 Å². The number of rotatable bonds is 11. The zero-order chi connectivity index (χ0) is 27.2. The zero-order valence-electron chi connectivity index (χ0n) is 20.4. The molecule has 1 aromatic rings. The minimum Gasteiger partial charge on any atom is -0.461 e. The second-order valence-corrected chi connectivity index (χ2v) is 10.6. The first-order valence-corrected chi connectivity index (χ1v) is 13.0. The van der Waals surface area contributed by atoms with Gasteiger partial charge < -0.3 is 40.2 Å². The predicted octanol–water partition coefficient (Wildman–Crippen LogP) is -0.603. The number of nitrogens with one attached hydrogen (secondary N) is 2. The van der Waals surface area contributed by atoms with E-state index in [9.17, 15) is 33.3 Å². The van der Waals surface area contributed by atoms with E-state index in [4.69, 9.17) is 18.8 Å². The molecule has 0 aliphatic carbocycles. The number of amides is 1. The largest absolute Gasteiger partial charge is 0.461 e. The van der Waals surface area contributed by atoms with Crippen LogP contribution in [0.5, 0.6) is 5.75 Å². The van der Waals surface area contributed by atoms with E-state index in [1.807, 2.05) is 13.8 Å². The number of carbonyl (C=O) groups is 2. The molecule has 1 saturated heterocycles. The molecule has 1 fully saturated rings. The van der Waals surface area contributed by atoms with E-state index in [1.54, 1.807) is 26.0 Å². The molecular formula is C22H34N2O11S. The molecule has 0 unspecified atom stereocenters. The number of esters is 1. The predicted molar refractivity (Wildman–Crippen MR) is 127 cm³/mol. The normalized spacial score (nSPS) is 24.4. The van der Waals surface area contributed by atoms with E-state index in [0.717, 1.165) is 0 Å². The molecule has 1 heterocycles. The molecule has 0 saturated carbocycles. The summed E-state index contributed by atoms with van der Waals surface area (Å²) in [4.78, 5) is 24.2. The fraction of sp³-hybridized carbons (Fsp3) is 0.636. The van der Waals surface area contributed by atoms with Crippen molar-refractivity contribution < 1.29 is 52.1 Å². The number of aliphatic hydroxyl groups is 3. The average molecular weight is 535 g/mol. The average Bonchev–Trinajstić information content (AvgIpc) is 2.77. The van der Waals surface area contributed by atoms with Crippen LogP contribution in [-0.4, -0.2) is 89.2 Å². The van der Waals surface area contributed by atoms with Crippen LogP contribution in [-0.2, 0) is 35.8 Å². The molecule has 2 rings (SSSR count). The molecule has 0 aromatic heterocycles. The van der Waals surface area contributed by atoms with Crippen LogP contribution < -0.4 is 15.4 Å². The Balaban J connectivity index is 2.23. The second-order valence-electron chi connectivity index (χ2n) is 8.98. The summed E-state index contributed by atoms with van der Waals surface area (Å²) in [6.45, 7) is 6.62. The van der Waals surface area contributed by atoms with Crippen molar-refractivity contribution in [2.75, 3.05) is 17.6 Å². The van der Waals surface area contributed by atoms with Crippen LogP contribution in [0.3, 0.4) is 0 Å². The van der Waals surface area contributed by atoms with E-state index in [1.165, 1.54) is 6.07 Å². The van der Waals surface area contributed by atoms with E-state index in [2.05, 4.69) is 10.6 Å². The van der Waals surface area contributed by atoms with Gasteiger partial charge in [-0.1, -0.05) is 19.9 Å². The van der Waals surface area contributed by atoms with Crippen LogP contribution in [0.4, 0.5) is 5.69 Å². The van der Waals surface area contributed by atoms with Gasteiger partial charge in [-0.25, -0.2) is 0 Å². The minimum atomic E-state index is -4.34. The molecule has 1 aromatic carbocycles. The number of aliphatic hydroxyl groups excluding tert-OH is 3. The van der Waals surface area contributed by atoms with Crippen molar-refractivity contribution in [2.45, 2.75) is 71.0 Å². The monoisotopic (exact) mass is 534 g/mol. The summed E-state index contributed by atoms with van der Waals surface area (Å²) in [5.41, 5.74) is 1.04. The third kappa shape index (κ3) is 8.57. The molecule has 6 N–H and O–H groups in total. The van der Waals surface area contributed by atoms with Gasteiger partial charge in [0.1, 0.15) is 30.7 Å². The highest BCUT2D eigenvalue weighted by Gasteiger charge is 2.48. The lowest BCUT2D eigenvalue weighted by Crippen LogP contribution is -2.63.